The highest BCUT2D eigenvalue weighted by Crippen LogP contribution is 2.14. The molecular formula is C13H10N6O8. The number of hydrogen-bond acceptors (Lipinski definition) is 10. The van der Waals surface area contributed by atoms with E-state index in [0.717, 1.165) is 24.6 Å². The van der Waals surface area contributed by atoms with Crippen molar-refractivity contribution >= 4 is 36.0 Å². The van der Waals surface area contributed by atoms with Gasteiger partial charge in [0, 0.05) is 0 Å². The highest BCUT2D eigenvalue weighted by molar-refractivity contribution is 5.97. The van der Waals surface area contributed by atoms with Crippen LogP contribution in [0.15, 0.2) is 43.3 Å². The molecule has 0 unspecified atom stereocenters. The molecule has 0 bridgehead atoms. The summed E-state index contributed by atoms with van der Waals surface area (Å²) in [6.07, 6.45) is 1.42. The fourth-order valence-corrected chi connectivity index (χ4v) is 1.58. The Labute approximate surface area is 148 Å². The predicted molar refractivity (Wildman–Crippen MR) is 86.8 cm³/mol. The molecule has 2 amide bonds. The smallest absolute Gasteiger partial charge is 0.400 e. The normalized spacial score (nSPS) is 11.0. The fourth-order valence-electron chi connectivity index (χ4n) is 1.58. The van der Waals surface area contributed by atoms with Gasteiger partial charge < -0.3 is 8.83 Å². The number of carbonyl (C=O) groups is 2. The molecule has 0 aromatic carbocycles. The molecular weight excluding hydrogens is 368 g/mol. The number of rotatable bonds is 8. The average molecular weight is 378 g/mol. The second-order valence-corrected chi connectivity index (χ2v) is 4.63. The van der Waals surface area contributed by atoms with Crippen LogP contribution in [0.2, 0.25) is 0 Å². The Morgan fingerprint density at radius 3 is 1.63 bits per heavy atom. The Morgan fingerprint density at radius 1 is 0.889 bits per heavy atom. The van der Waals surface area contributed by atoms with E-state index in [1.54, 1.807) is 0 Å². The van der Waals surface area contributed by atoms with Gasteiger partial charge in [-0.3, -0.25) is 29.8 Å². The van der Waals surface area contributed by atoms with Gasteiger partial charge in [-0.15, -0.1) is 0 Å². The summed E-state index contributed by atoms with van der Waals surface area (Å²) in [6.45, 7) is 0. The number of nitrogens with one attached hydrogen (secondary N) is 2. The van der Waals surface area contributed by atoms with E-state index < -0.39 is 39.9 Å². The lowest BCUT2D eigenvalue weighted by Crippen LogP contribution is -2.27. The van der Waals surface area contributed by atoms with Gasteiger partial charge in [-0.05, 0) is 12.1 Å². The van der Waals surface area contributed by atoms with Crippen molar-refractivity contribution in [3.05, 3.63) is 56.0 Å². The lowest BCUT2D eigenvalue weighted by molar-refractivity contribution is -0.402. The van der Waals surface area contributed by atoms with Gasteiger partial charge in [-0.25, -0.2) is 10.9 Å². The zero-order chi connectivity index (χ0) is 19.8. The molecule has 2 aromatic heterocycles. The molecule has 0 aliphatic rings. The van der Waals surface area contributed by atoms with E-state index in [1.165, 1.54) is 12.1 Å². The van der Waals surface area contributed by atoms with E-state index in [4.69, 9.17) is 8.83 Å². The van der Waals surface area contributed by atoms with Gasteiger partial charge in [-0.2, -0.15) is 10.2 Å². The van der Waals surface area contributed by atoms with Crippen LogP contribution in [0.25, 0.3) is 0 Å². The first-order valence-electron chi connectivity index (χ1n) is 6.97. The standard InChI is InChI=1S/C13H10N6O8/c20-10(16-14-6-8-1-3-12(26-8)18(22)23)5-11(21)17-15-7-9-2-4-13(27-9)19(24)25/h1-4,6-7H,5H2,(H,16,20)(H,17,21)/b14-6-,15-7+. The molecule has 2 N–H and O–H groups in total. The summed E-state index contributed by atoms with van der Waals surface area (Å²) in [6, 6.07) is 4.77. The highest BCUT2D eigenvalue weighted by Gasteiger charge is 2.12. The molecule has 140 valence electrons. The quantitative estimate of drug-likeness (QED) is 0.289. The van der Waals surface area contributed by atoms with Crippen molar-refractivity contribution in [2.75, 3.05) is 0 Å². The van der Waals surface area contributed by atoms with Gasteiger partial charge in [0.25, 0.3) is 0 Å². The van der Waals surface area contributed by atoms with E-state index >= 15 is 0 Å². The van der Waals surface area contributed by atoms with Crippen molar-refractivity contribution in [1.82, 2.24) is 10.9 Å². The Morgan fingerprint density at radius 2 is 1.30 bits per heavy atom. The maximum absolute atomic E-state index is 11.5. The van der Waals surface area contributed by atoms with Crippen LogP contribution in [0, 0.1) is 20.2 Å². The fraction of sp³-hybridized carbons (Fsp3) is 0.0769. The Hall–Kier alpha value is -4.36. The molecule has 0 saturated heterocycles. The largest absolute Gasteiger partial charge is 0.433 e. The second kappa shape index (κ2) is 8.65. The van der Waals surface area contributed by atoms with Crippen LogP contribution < -0.4 is 10.9 Å². The van der Waals surface area contributed by atoms with Crippen LogP contribution in [-0.4, -0.2) is 34.1 Å². The molecule has 0 radical (unpaired) electrons. The SMILES string of the molecule is O=C(CC(=O)N/N=C/c1ccc([N+](=O)[O-])o1)N/N=C\c1ccc([N+](=O)[O-])o1. The zero-order valence-corrected chi connectivity index (χ0v) is 13.2. The van der Waals surface area contributed by atoms with Crippen molar-refractivity contribution in [3.63, 3.8) is 0 Å². The van der Waals surface area contributed by atoms with Crippen LogP contribution in [0.5, 0.6) is 0 Å². The van der Waals surface area contributed by atoms with Gasteiger partial charge in [0.1, 0.15) is 16.3 Å². The van der Waals surface area contributed by atoms with Crippen LogP contribution >= 0.6 is 0 Å². The summed E-state index contributed by atoms with van der Waals surface area (Å²) in [4.78, 5) is 42.4. The Kier molecular flexibility index (Phi) is 6.08. The number of hydrogen-bond donors (Lipinski definition) is 2. The molecule has 2 rings (SSSR count). The van der Waals surface area contributed by atoms with E-state index in [9.17, 15) is 29.8 Å². The summed E-state index contributed by atoms with van der Waals surface area (Å²) in [7, 11) is 0. The molecule has 0 aliphatic carbocycles. The average Bonchev–Trinajstić information content (AvgIpc) is 3.24. The van der Waals surface area contributed by atoms with Crippen molar-refractivity contribution in [2.45, 2.75) is 6.42 Å². The van der Waals surface area contributed by atoms with Crippen molar-refractivity contribution in [2.24, 2.45) is 10.2 Å². The van der Waals surface area contributed by atoms with E-state index in [2.05, 4.69) is 10.2 Å². The lowest BCUT2D eigenvalue weighted by Gasteiger charge is -1.98. The number of furan rings is 2. The third-order valence-corrected chi connectivity index (χ3v) is 2.67. The van der Waals surface area contributed by atoms with E-state index in [0.29, 0.717) is 0 Å². The van der Waals surface area contributed by atoms with Crippen molar-refractivity contribution in [1.29, 1.82) is 0 Å². The summed E-state index contributed by atoms with van der Waals surface area (Å²) in [5, 5.41) is 27.8. The monoisotopic (exact) mass is 378 g/mol. The first-order chi connectivity index (χ1) is 12.8. The third-order valence-electron chi connectivity index (χ3n) is 2.67. The van der Waals surface area contributed by atoms with Gasteiger partial charge in [-0.1, -0.05) is 0 Å². The number of hydrazone groups is 2. The summed E-state index contributed by atoms with van der Waals surface area (Å²) < 4.78 is 9.54. The summed E-state index contributed by atoms with van der Waals surface area (Å²) >= 11 is 0. The van der Waals surface area contributed by atoms with Crippen LogP contribution in [0.4, 0.5) is 11.8 Å². The van der Waals surface area contributed by atoms with E-state index in [-0.39, 0.29) is 11.5 Å². The van der Waals surface area contributed by atoms with Gasteiger partial charge in [0.2, 0.25) is 11.8 Å². The topological polar surface area (TPSA) is 195 Å². The summed E-state index contributed by atoms with van der Waals surface area (Å²) in [5.41, 5.74) is 4.04. The maximum Gasteiger partial charge on any atom is 0.433 e. The van der Waals surface area contributed by atoms with Gasteiger partial charge >= 0.3 is 11.8 Å². The Bertz CT molecular complexity index is 853. The molecule has 27 heavy (non-hydrogen) atoms. The number of amides is 2. The molecule has 2 heterocycles. The predicted octanol–water partition coefficient (Wildman–Crippen LogP) is 0.679. The number of carbonyl (C=O) groups excluding carboxylic acids is 2. The minimum atomic E-state index is -0.784. The second-order valence-electron chi connectivity index (χ2n) is 4.63. The highest BCUT2D eigenvalue weighted by atomic mass is 16.7. The molecule has 0 fully saturated rings. The number of nitrogens with zero attached hydrogens (tertiary/aromatic N) is 4. The first-order valence-corrected chi connectivity index (χ1v) is 6.97. The summed E-state index contributed by atoms with van der Waals surface area (Å²) in [5.74, 6) is -2.47. The van der Waals surface area contributed by atoms with Crippen molar-refractivity contribution < 1.29 is 28.3 Å². The molecule has 14 nitrogen and oxygen atoms in total. The zero-order valence-electron chi connectivity index (χ0n) is 13.2. The molecule has 0 spiro atoms. The van der Waals surface area contributed by atoms with Crippen molar-refractivity contribution in [3.8, 4) is 0 Å². The lowest BCUT2D eigenvalue weighted by atomic mass is 10.4. The minimum absolute atomic E-state index is 0.0311. The first kappa shape index (κ1) is 19.0. The maximum atomic E-state index is 11.5. The van der Waals surface area contributed by atoms with Gasteiger partial charge in [0.05, 0.1) is 24.6 Å². The van der Waals surface area contributed by atoms with Crippen LogP contribution in [0.1, 0.15) is 17.9 Å². The van der Waals surface area contributed by atoms with Gasteiger partial charge in [0.15, 0.2) is 11.5 Å². The Balaban J connectivity index is 1.75. The molecule has 0 saturated carbocycles. The van der Waals surface area contributed by atoms with Crippen LogP contribution in [0.3, 0.4) is 0 Å². The van der Waals surface area contributed by atoms with E-state index in [1.807, 2.05) is 10.9 Å². The third kappa shape index (κ3) is 5.89. The minimum Gasteiger partial charge on any atom is -0.400 e. The number of nitro groups is 2. The molecule has 2 aromatic rings. The molecule has 14 heteroatoms. The molecule has 0 aliphatic heterocycles. The molecule has 0 atom stereocenters. The van der Waals surface area contributed by atoms with Crippen LogP contribution in [-0.2, 0) is 9.59 Å².